The van der Waals surface area contributed by atoms with Crippen molar-refractivity contribution in [3.63, 3.8) is 0 Å². The van der Waals surface area contributed by atoms with Gasteiger partial charge in [-0.05, 0) is 38.5 Å². The first kappa shape index (κ1) is 17.9. The van der Waals surface area contributed by atoms with Gasteiger partial charge < -0.3 is 9.72 Å². The predicted octanol–water partition coefficient (Wildman–Crippen LogP) is 3.60. The molecular weight excluding hydrogens is 374 g/mol. The molecule has 0 aliphatic heterocycles. The monoisotopic (exact) mass is 391 g/mol. The predicted molar refractivity (Wildman–Crippen MR) is 107 cm³/mol. The highest BCUT2D eigenvalue weighted by atomic mass is 32.1. The highest BCUT2D eigenvalue weighted by Gasteiger charge is 2.15. The Labute approximate surface area is 165 Å². The van der Waals surface area contributed by atoms with Crippen molar-refractivity contribution in [3.8, 4) is 17.1 Å². The van der Waals surface area contributed by atoms with E-state index in [-0.39, 0.29) is 0 Å². The molecule has 4 heterocycles. The van der Waals surface area contributed by atoms with Gasteiger partial charge in [-0.15, -0.1) is 10.2 Å². The number of allylic oxidation sites excluding steroid dienone is 1. The van der Waals surface area contributed by atoms with Gasteiger partial charge in [0.05, 0.1) is 29.9 Å². The van der Waals surface area contributed by atoms with E-state index in [9.17, 15) is 5.26 Å². The third kappa shape index (κ3) is 3.04. The molecule has 1 N–H and O–H groups in total. The molecule has 0 saturated carbocycles. The van der Waals surface area contributed by atoms with Crippen molar-refractivity contribution in [3.05, 3.63) is 46.1 Å². The van der Waals surface area contributed by atoms with E-state index in [1.807, 2.05) is 37.5 Å². The smallest absolute Gasteiger partial charge is 0.216 e. The van der Waals surface area contributed by atoms with Gasteiger partial charge in [0.2, 0.25) is 11.0 Å². The molecule has 0 unspecified atom stereocenters. The Morgan fingerprint density at radius 1 is 1.29 bits per heavy atom. The summed E-state index contributed by atoms with van der Waals surface area (Å²) in [6.45, 7) is 5.93. The molecule has 0 bridgehead atoms. The van der Waals surface area contributed by atoms with Crippen molar-refractivity contribution in [2.75, 3.05) is 7.11 Å². The van der Waals surface area contributed by atoms with Gasteiger partial charge in [0.1, 0.15) is 16.9 Å². The Morgan fingerprint density at radius 2 is 2.11 bits per heavy atom. The van der Waals surface area contributed by atoms with Gasteiger partial charge in [0.25, 0.3) is 0 Å². The molecule has 0 aliphatic carbocycles. The molecule has 0 aliphatic rings. The zero-order chi connectivity index (χ0) is 19.8. The SMILES string of the molecule is COc1cc2nc(/C(C#N)=C/c3cc(C)n(-c4nnc(C)s4)c3C)[nH]c2cn1. The number of ether oxygens (including phenoxy) is 1. The summed E-state index contributed by atoms with van der Waals surface area (Å²) < 4.78 is 7.17. The average molecular weight is 391 g/mol. The van der Waals surface area contributed by atoms with Crippen LogP contribution < -0.4 is 4.74 Å². The van der Waals surface area contributed by atoms with Crippen LogP contribution in [0.25, 0.3) is 27.8 Å². The number of hydrogen-bond acceptors (Lipinski definition) is 7. The van der Waals surface area contributed by atoms with Gasteiger partial charge >= 0.3 is 0 Å². The van der Waals surface area contributed by atoms with E-state index in [4.69, 9.17) is 4.74 Å². The zero-order valence-corrected chi connectivity index (χ0v) is 16.6. The highest BCUT2D eigenvalue weighted by molar-refractivity contribution is 7.13. The number of imidazole rings is 1. The Kier molecular flexibility index (Phi) is 4.41. The van der Waals surface area contributed by atoms with E-state index in [1.165, 1.54) is 11.3 Å². The summed E-state index contributed by atoms with van der Waals surface area (Å²) in [4.78, 5) is 11.8. The summed E-state index contributed by atoms with van der Waals surface area (Å²) in [7, 11) is 1.55. The second-order valence-corrected chi connectivity index (χ2v) is 7.42. The second kappa shape index (κ2) is 6.90. The lowest BCUT2D eigenvalue weighted by Gasteiger charge is -2.03. The number of fused-ring (bicyclic) bond motifs is 1. The fraction of sp³-hybridized carbons (Fsp3) is 0.211. The quantitative estimate of drug-likeness (QED) is 0.533. The van der Waals surface area contributed by atoms with Crippen LogP contribution in [0.1, 0.15) is 27.8 Å². The number of pyridine rings is 1. The first-order valence-electron chi connectivity index (χ1n) is 8.51. The number of hydrogen-bond donors (Lipinski definition) is 1. The highest BCUT2D eigenvalue weighted by Crippen LogP contribution is 2.27. The molecule has 0 fully saturated rings. The number of aromatic amines is 1. The van der Waals surface area contributed by atoms with Crippen molar-refractivity contribution < 1.29 is 4.74 Å². The van der Waals surface area contributed by atoms with Gasteiger partial charge in [0, 0.05) is 17.5 Å². The number of aromatic nitrogens is 6. The molecule has 28 heavy (non-hydrogen) atoms. The summed E-state index contributed by atoms with van der Waals surface area (Å²) >= 11 is 1.53. The molecule has 0 saturated heterocycles. The van der Waals surface area contributed by atoms with Crippen LogP contribution in [0.2, 0.25) is 0 Å². The molecule has 0 atom stereocenters. The first-order valence-corrected chi connectivity index (χ1v) is 9.33. The van der Waals surface area contributed by atoms with Gasteiger partial charge in [-0.3, -0.25) is 4.57 Å². The van der Waals surface area contributed by atoms with Crippen molar-refractivity contribution in [2.45, 2.75) is 20.8 Å². The molecular formula is C19H17N7OS. The molecule has 0 aromatic carbocycles. The van der Waals surface area contributed by atoms with E-state index in [0.29, 0.717) is 22.8 Å². The molecule has 4 aromatic heterocycles. The number of aryl methyl sites for hydroxylation is 2. The lowest BCUT2D eigenvalue weighted by Crippen LogP contribution is -1.98. The number of nitrogens with zero attached hydrogens (tertiary/aromatic N) is 6. The third-order valence-electron chi connectivity index (χ3n) is 4.40. The summed E-state index contributed by atoms with van der Waals surface area (Å²) in [5, 5.41) is 19.8. The summed E-state index contributed by atoms with van der Waals surface area (Å²) in [6, 6.07) is 5.99. The summed E-state index contributed by atoms with van der Waals surface area (Å²) in [5.74, 6) is 0.966. The van der Waals surface area contributed by atoms with Crippen molar-refractivity contribution in [2.24, 2.45) is 0 Å². The lowest BCUT2D eigenvalue weighted by atomic mass is 10.1. The Balaban J connectivity index is 1.78. The van der Waals surface area contributed by atoms with E-state index in [0.717, 1.165) is 32.6 Å². The maximum absolute atomic E-state index is 9.71. The van der Waals surface area contributed by atoms with Crippen LogP contribution in [0.4, 0.5) is 0 Å². The number of methoxy groups -OCH3 is 1. The minimum Gasteiger partial charge on any atom is -0.481 e. The molecule has 9 heteroatoms. The van der Waals surface area contributed by atoms with Crippen LogP contribution in [-0.4, -0.2) is 36.8 Å². The fourth-order valence-electron chi connectivity index (χ4n) is 3.04. The molecule has 4 rings (SSSR count). The standard InChI is InChI=1S/C19H17N7OS/c1-10-5-13(11(2)26(10)19-25-24-12(3)28-19)6-14(8-20)18-22-15-7-17(27-4)21-9-16(15)23-18/h5-7,9H,1-4H3,(H,22,23)/b14-6+. The van der Waals surface area contributed by atoms with E-state index >= 15 is 0 Å². The second-order valence-electron chi connectivity index (χ2n) is 6.26. The maximum atomic E-state index is 9.71. The van der Waals surface area contributed by atoms with Gasteiger partial charge in [-0.1, -0.05) is 11.3 Å². The van der Waals surface area contributed by atoms with Crippen LogP contribution in [-0.2, 0) is 0 Å². The number of nitrogens with one attached hydrogen (secondary N) is 1. The van der Waals surface area contributed by atoms with Crippen LogP contribution >= 0.6 is 11.3 Å². The normalized spacial score (nSPS) is 11.8. The van der Waals surface area contributed by atoms with E-state index in [2.05, 4.69) is 31.2 Å². The average Bonchev–Trinajstić information content (AvgIpc) is 3.36. The van der Waals surface area contributed by atoms with Crippen molar-refractivity contribution in [1.82, 2.24) is 29.7 Å². The van der Waals surface area contributed by atoms with Gasteiger partial charge in [-0.25, -0.2) is 9.97 Å². The fourth-order valence-corrected chi connectivity index (χ4v) is 3.84. The largest absolute Gasteiger partial charge is 0.481 e. The molecule has 0 spiro atoms. The molecule has 0 radical (unpaired) electrons. The molecule has 0 amide bonds. The summed E-state index contributed by atoms with van der Waals surface area (Å²) in [5.41, 5.74) is 4.81. The van der Waals surface area contributed by atoms with E-state index < -0.39 is 0 Å². The molecule has 4 aromatic rings. The molecule has 140 valence electrons. The van der Waals surface area contributed by atoms with Crippen molar-refractivity contribution in [1.29, 1.82) is 5.26 Å². The van der Waals surface area contributed by atoms with Gasteiger partial charge in [0.15, 0.2) is 0 Å². The molecule has 8 nitrogen and oxygen atoms in total. The Morgan fingerprint density at radius 3 is 2.79 bits per heavy atom. The van der Waals surface area contributed by atoms with Crippen molar-refractivity contribution >= 4 is 34.0 Å². The van der Waals surface area contributed by atoms with Gasteiger partial charge in [-0.2, -0.15) is 5.26 Å². The van der Waals surface area contributed by atoms with E-state index in [1.54, 1.807) is 19.4 Å². The lowest BCUT2D eigenvalue weighted by molar-refractivity contribution is 0.398. The van der Waals surface area contributed by atoms with Crippen LogP contribution in [0.5, 0.6) is 5.88 Å². The number of H-pyrrole nitrogens is 1. The topological polar surface area (TPSA) is 105 Å². The Bertz CT molecular complexity index is 1260. The maximum Gasteiger partial charge on any atom is 0.216 e. The minimum atomic E-state index is 0.434. The third-order valence-corrected chi connectivity index (χ3v) is 5.23. The summed E-state index contributed by atoms with van der Waals surface area (Å²) in [6.07, 6.45) is 3.47. The zero-order valence-electron chi connectivity index (χ0n) is 15.8. The minimum absolute atomic E-state index is 0.434. The van der Waals surface area contributed by atoms with Crippen LogP contribution in [0.3, 0.4) is 0 Å². The van der Waals surface area contributed by atoms with Crippen LogP contribution in [0, 0.1) is 32.1 Å². The Hall–Kier alpha value is -3.51. The van der Waals surface area contributed by atoms with Crippen LogP contribution in [0.15, 0.2) is 18.3 Å². The number of nitriles is 1. The first-order chi connectivity index (χ1) is 13.5. The number of rotatable bonds is 4.